The fraction of sp³-hybridized carbons (Fsp3) is 0.333. The second kappa shape index (κ2) is 5.91. The minimum absolute atomic E-state index is 0.136. The Hall–Kier alpha value is -2.83. The van der Waals surface area contributed by atoms with Gasteiger partial charge < -0.3 is 5.32 Å². The topological polar surface area (TPSA) is 72.2 Å². The Balaban J connectivity index is 1.74. The van der Waals surface area contributed by atoms with Crippen molar-refractivity contribution in [1.29, 1.82) is 0 Å². The lowest BCUT2D eigenvalue weighted by atomic mass is 10.2. The number of aromatic nitrogens is 4. The molecule has 1 fully saturated rings. The van der Waals surface area contributed by atoms with Crippen LogP contribution in [0.4, 0.5) is 4.39 Å². The number of nitrogens with one attached hydrogen (secondary N) is 1. The van der Waals surface area contributed by atoms with Crippen LogP contribution in [0.5, 0.6) is 0 Å². The molecule has 3 aromatic rings. The minimum Gasteiger partial charge on any atom is -0.349 e. The van der Waals surface area contributed by atoms with Gasteiger partial charge >= 0.3 is 0 Å². The van der Waals surface area contributed by atoms with Crippen LogP contribution in [0, 0.1) is 18.8 Å². The van der Waals surface area contributed by atoms with E-state index >= 15 is 0 Å². The SMILES string of the molecule is Cc1cc(-c2cccc(F)n2)nc2c(C(=O)N[C@@H](C)C3CC3)cnn12. The van der Waals surface area contributed by atoms with E-state index in [0.717, 1.165) is 18.5 Å². The molecule has 1 aliphatic rings. The Morgan fingerprint density at radius 1 is 1.32 bits per heavy atom. The van der Waals surface area contributed by atoms with Gasteiger partial charge in [-0.05, 0) is 50.8 Å². The normalized spacial score (nSPS) is 15.3. The number of amides is 1. The lowest BCUT2D eigenvalue weighted by Gasteiger charge is -2.12. The minimum atomic E-state index is -0.568. The van der Waals surface area contributed by atoms with Crippen LogP contribution in [0.15, 0.2) is 30.5 Å². The summed E-state index contributed by atoms with van der Waals surface area (Å²) >= 11 is 0. The van der Waals surface area contributed by atoms with Gasteiger partial charge in [0.25, 0.3) is 5.91 Å². The van der Waals surface area contributed by atoms with Crippen LogP contribution in [-0.2, 0) is 0 Å². The van der Waals surface area contributed by atoms with Crippen LogP contribution >= 0.6 is 0 Å². The number of pyridine rings is 1. The number of carbonyl (C=O) groups is 1. The summed E-state index contributed by atoms with van der Waals surface area (Å²) in [7, 11) is 0. The smallest absolute Gasteiger partial charge is 0.256 e. The van der Waals surface area contributed by atoms with Crippen molar-refractivity contribution in [3.63, 3.8) is 0 Å². The van der Waals surface area contributed by atoms with E-state index in [4.69, 9.17) is 0 Å². The van der Waals surface area contributed by atoms with Crippen LogP contribution < -0.4 is 5.32 Å². The molecule has 1 N–H and O–H groups in total. The summed E-state index contributed by atoms with van der Waals surface area (Å²) in [6.07, 6.45) is 3.83. The van der Waals surface area contributed by atoms with Gasteiger partial charge in [0.05, 0.1) is 17.6 Å². The molecule has 1 saturated carbocycles. The average Bonchev–Trinajstić information content (AvgIpc) is 3.34. The fourth-order valence-electron chi connectivity index (χ4n) is 2.95. The van der Waals surface area contributed by atoms with E-state index in [9.17, 15) is 9.18 Å². The quantitative estimate of drug-likeness (QED) is 0.742. The van der Waals surface area contributed by atoms with E-state index in [1.54, 1.807) is 22.7 Å². The van der Waals surface area contributed by atoms with Gasteiger partial charge in [-0.1, -0.05) is 6.07 Å². The van der Waals surface area contributed by atoms with Gasteiger partial charge in [0.1, 0.15) is 5.56 Å². The zero-order valence-corrected chi connectivity index (χ0v) is 14.0. The largest absolute Gasteiger partial charge is 0.349 e. The third kappa shape index (κ3) is 2.97. The maximum atomic E-state index is 13.4. The molecule has 0 radical (unpaired) electrons. The Bertz CT molecular complexity index is 963. The number of aryl methyl sites for hydroxylation is 1. The first kappa shape index (κ1) is 15.7. The maximum absolute atomic E-state index is 13.4. The zero-order chi connectivity index (χ0) is 17.6. The van der Waals surface area contributed by atoms with Gasteiger partial charge in [-0.2, -0.15) is 9.49 Å². The summed E-state index contributed by atoms with van der Waals surface area (Å²) in [5.41, 5.74) is 2.58. The van der Waals surface area contributed by atoms with Gasteiger partial charge in [-0.25, -0.2) is 14.5 Å². The van der Waals surface area contributed by atoms with E-state index in [1.807, 2.05) is 13.8 Å². The van der Waals surface area contributed by atoms with E-state index in [-0.39, 0.29) is 11.9 Å². The second-order valence-electron chi connectivity index (χ2n) is 6.52. The summed E-state index contributed by atoms with van der Waals surface area (Å²) in [6.45, 7) is 3.88. The lowest BCUT2D eigenvalue weighted by Crippen LogP contribution is -2.34. The number of hydrogen-bond donors (Lipinski definition) is 1. The van der Waals surface area contributed by atoms with Crippen LogP contribution in [0.2, 0.25) is 0 Å². The number of hydrogen-bond acceptors (Lipinski definition) is 4. The Labute approximate surface area is 144 Å². The average molecular weight is 339 g/mol. The molecule has 1 atom stereocenters. The Morgan fingerprint density at radius 3 is 2.84 bits per heavy atom. The summed E-state index contributed by atoms with van der Waals surface area (Å²) in [5.74, 6) is -0.195. The van der Waals surface area contributed by atoms with Crippen molar-refractivity contribution in [3.8, 4) is 11.4 Å². The predicted octanol–water partition coefficient (Wildman–Crippen LogP) is 2.77. The first-order chi connectivity index (χ1) is 12.0. The van der Waals surface area contributed by atoms with Gasteiger partial charge in [0.2, 0.25) is 5.95 Å². The molecule has 1 amide bonds. The molecule has 0 saturated heterocycles. The molecule has 3 heterocycles. The molecule has 25 heavy (non-hydrogen) atoms. The van der Waals surface area contributed by atoms with Crippen molar-refractivity contribution in [3.05, 3.63) is 47.7 Å². The molecule has 128 valence electrons. The molecule has 0 bridgehead atoms. The van der Waals surface area contributed by atoms with Crippen molar-refractivity contribution in [2.45, 2.75) is 32.7 Å². The predicted molar refractivity (Wildman–Crippen MR) is 90.6 cm³/mol. The second-order valence-corrected chi connectivity index (χ2v) is 6.52. The van der Waals surface area contributed by atoms with Crippen molar-refractivity contribution in [1.82, 2.24) is 24.9 Å². The monoisotopic (exact) mass is 339 g/mol. The number of fused-ring (bicyclic) bond motifs is 1. The lowest BCUT2D eigenvalue weighted by molar-refractivity contribution is 0.0937. The Morgan fingerprint density at radius 2 is 2.12 bits per heavy atom. The van der Waals surface area contributed by atoms with Crippen molar-refractivity contribution >= 4 is 11.6 Å². The van der Waals surface area contributed by atoms with Crippen molar-refractivity contribution in [2.24, 2.45) is 5.92 Å². The summed E-state index contributed by atoms with van der Waals surface area (Å²) in [6, 6.07) is 6.46. The number of halogens is 1. The standard InChI is InChI=1S/C18H18FN5O/c1-10-8-15(14-4-3-5-16(19)22-14)23-17-13(9-20-24(10)17)18(25)21-11(2)12-6-7-12/h3-5,8-9,11-12H,6-7H2,1-2H3,(H,21,25)/t11-/m0/s1. The van der Waals surface area contributed by atoms with Crippen LogP contribution in [0.1, 0.15) is 35.8 Å². The molecular formula is C18H18FN5O. The molecular weight excluding hydrogens is 321 g/mol. The molecule has 7 heteroatoms. The van der Waals surface area contributed by atoms with Gasteiger partial charge in [-0.3, -0.25) is 4.79 Å². The van der Waals surface area contributed by atoms with Crippen LogP contribution in [0.25, 0.3) is 17.0 Å². The van der Waals surface area contributed by atoms with E-state index in [2.05, 4.69) is 20.4 Å². The molecule has 4 rings (SSSR count). The van der Waals surface area contributed by atoms with Gasteiger partial charge in [0.15, 0.2) is 5.65 Å². The third-order valence-corrected chi connectivity index (χ3v) is 4.56. The fourth-order valence-corrected chi connectivity index (χ4v) is 2.95. The van der Waals surface area contributed by atoms with Crippen molar-refractivity contribution < 1.29 is 9.18 Å². The highest BCUT2D eigenvalue weighted by molar-refractivity contribution is 6.00. The van der Waals surface area contributed by atoms with E-state index in [1.165, 1.54) is 12.3 Å². The van der Waals surface area contributed by atoms with Gasteiger partial charge in [-0.15, -0.1) is 0 Å². The van der Waals surface area contributed by atoms with Crippen LogP contribution in [-0.4, -0.2) is 31.5 Å². The highest BCUT2D eigenvalue weighted by atomic mass is 19.1. The molecule has 3 aromatic heterocycles. The summed E-state index contributed by atoms with van der Waals surface area (Å²) < 4.78 is 15.0. The Kier molecular flexibility index (Phi) is 3.71. The number of carbonyl (C=O) groups excluding carboxylic acids is 1. The van der Waals surface area contributed by atoms with Crippen molar-refractivity contribution in [2.75, 3.05) is 0 Å². The third-order valence-electron chi connectivity index (χ3n) is 4.56. The highest BCUT2D eigenvalue weighted by Gasteiger charge is 2.30. The first-order valence-corrected chi connectivity index (χ1v) is 8.32. The van der Waals surface area contributed by atoms with E-state index in [0.29, 0.717) is 28.5 Å². The first-order valence-electron chi connectivity index (χ1n) is 8.32. The molecule has 0 spiro atoms. The number of nitrogens with zero attached hydrogens (tertiary/aromatic N) is 4. The maximum Gasteiger partial charge on any atom is 0.256 e. The van der Waals surface area contributed by atoms with Crippen LogP contribution in [0.3, 0.4) is 0 Å². The zero-order valence-electron chi connectivity index (χ0n) is 14.0. The molecule has 6 nitrogen and oxygen atoms in total. The number of rotatable bonds is 4. The molecule has 0 aliphatic heterocycles. The summed E-state index contributed by atoms with van der Waals surface area (Å²) in [5, 5.41) is 7.27. The molecule has 0 unspecified atom stereocenters. The van der Waals surface area contributed by atoms with E-state index < -0.39 is 5.95 Å². The molecule has 1 aliphatic carbocycles. The highest BCUT2D eigenvalue weighted by Crippen LogP contribution is 2.32. The van der Waals surface area contributed by atoms with Gasteiger partial charge in [0, 0.05) is 11.7 Å². The summed E-state index contributed by atoms with van der Waals surface area (Å²) in [4.78, 5) is 21.0. The molecule has 0 aromatic carbocycles.